The molecule has 6 aromatic rings. The van der Waals surface area contributed by atoms with Crippen LogP contribution >= 0.6 is 0 Å². The van der Waals surface area contributed by atoms with E-state index < -0.39 is 0 Å². The third kappa shape index (κ3) is 2.78. The van der Waals surface area contributed by atoms with Crippen LogP contribution in [0.1, 0.15) is 11.5 Å². The molecule has 0 amide bonds. The summed E-state index contributed by atoms with van der Waals surface area (Å²) in [7, 11) is 0. The third-order valence-electron chi connectivity index (χ3n) is 5.36. The van der Waals surface area contributed by atoms with Crippen molar-refractivity contribution in [1.29, 1.82) is 0 Å². The van der Waals surface area contributed by atoms with Crippen LogP contribution in [0.5, 0.6) is 0 Å². The molecule has 0 atom stereocenters. The van der Waals surface area contributed by atoms with Gasteiger partial charge in [0.2, 0.25) is 11.8 Å². The van der Waals surface area contributed by atoms with Gasteiger partial charge in [-0.25, -0.2) is 0 Å². The van der Waals surface area contributed by atoms with Gasteiger partial charge >= 0.3 is 0 Å². The van der Waals surface area contributed by atoms with E-state index in [9.17, 15) is 0 Å². The van der Waals surface area contributed by atoms with Crippen LogP contribution in [0.3, 0.4) is 0 Å². The fourth-order valence-corrected chi connectivity index (χ4v) is 3.93. The zero-order valence-electron chi connectivity index (χ0n) is 16.0. The predicted octanol–water partition coefficient (Wildman–Crippen LogP) is 5.35. The molecule has 6 nitrogen and oxygen atoms in total. The molecule has 0 bridgehead atoms. The van der Waals surface area contributed by atoms with Gasteiger partial charge in [0.15, 0.2) is 0 Å². The lowest BCUT2D eigenvalue weighted by atomic mass is 9.98. The Kier molecular flexibility index (Phi) is 3.74. The predicted molar refractivity (Wildman–Crippen MR) is 116 cm³/mol. The highest BCUT2D eigenvalue weighted by molar-refractivity contribution is 6.01. The standard InChI is InChI=1S/C24H17N5O/c1-2-5-15(6-3-1)11-23-28-29-24(30-23)19-12-16(13-22-20(19)14-26-27-22)17-7-4-8-21-18(17)9-10-25-21/h1-10,12-14,25H,11H2,(H,26,27). The van der Waals surface area contributed by atoms with Crippen molar-refractivity contribution in [3.05, 3.63) is 90.6 Å². The van der Waals surface area contributed by atoms with Crippen LogP contribution in [0.15, 0.2) is 83.5 Å². The molecule has 0 saturated heterocycles. The number of H-pyrrole nitrogens is 2. The lowest BCUT2D eigenvalue weighted by molar-refractivity contribution is 0.518. The normalized spacial score (nSPS) is 11.5. The first kappa shape index (κ1) is 16.7. The van der Waals surface area contributed by atoms with Crippen LogP contribution in [0.4, 0.5) is 0 Å². The number of hydrogen-bond donors (Lipinski definition) is 2. The summed E-state index contributed by atoms with van der Waals surface area (Å²) in [6.07, 6.45) is 4.36. The average molecular weight is 391 g/mol. The molecule has 3 aromatic heterocycles. The van der Waals surface area contributed by atoms with Gasteiger partial charge in [0.05, 0.1) is 23.7 Å². The second-order valence-electron chi connectivity index (χ2n) is 7.26. The van der Waals surface area contributed by atoms with E-state index in [0.717, 1.165) is 44.1 Å². The lowest BCUT2D eigenvalue weighted by Crippen LogP contribution is -1.87. The largest absolute Gasteiger partial charge is 0.420 e. The van der Waals surface area contributed by atoms with E-state index in [0.29, 0.717) is 18.2 Å². The summed E-state index contributed by atoms with van der Waals surface area (Å²) in [6.45, 7) is 0. The van der Waals surface area contributed by atoms with Gasteiger partial charge in [0.1, 0.15) is 0 Å². The molecule has 0 aliphatic carbocycles. The van der Waals surface area contributed by atoms with Gasteiger partial charge in [-0.2, -0.15) is 5.10 Å². The van der Waals surface area contributed by atoms with Crippen LogP contribution in [-0.4, -0.2) is 25.4 Å². The topological polar surface area (TPSA) is 83.4 Å². The summed E-state index contributed by atoms with van der Waals surface area (Å²) in [5, 5.41) is 18.0. The van der Waals surface area contributed by atoms with E-state index in [1.165, 1.54) is 0 Å². The minimum absolute atomic E-state index is 0.496. The van der Waals surface area contributed by atoms with E-state index in [1.807, 2.05) is 24.4 Å². The first-order valence-corrected chi connectivity index (χ1v) is 9.75. The third-order valence-corrected chi connectivity index (χ3v) is 5.36. The van der Waals surface area contributed by atoms with Gasteiger partial charge in [-0.1, -0.05) is 42.5 Å². The maximum atomic E-state index is 6.04. The number of hydrogen-bond acceptors (Lipinski definition) is 4. The van der Waals surface area contributed by atoms with Gasteiger partial charge in [-0.3, -0.25) is 5.10 Å². The Balaban J connectivity index is 1.47. The maximum Gasteiger partial charge on any atom is 0.248 e. The van der Waals surface area contributed by atoms with E-state index in [-0.39, 0.29) is 0 Å². The highest BCUT2D eigenvalue weighted by atomic mass is 16.4. The Bertz CT molecular complexity index is 1480. The van der Waals surface area contributed by atoms with Crippen molar-refractivity contribution < 1.29 is 4.42 Å². The SMILES string of the molecule is c1ccc(Cc2nnc(-c3cc(-c4cccc5[nH]ccc45)cc4[nH]ncc34)o2)cc1. The van der Waals surface area contributed by atoms with Crippen LogP contribution in [-0.2, 0) is 6.42 Å². The molecule has 30 heavy (non-hydrogen) atoms. The van der Waals surface area contributed by atoms with Gasteiger partial charge in [0.25, 0.3) is 0 Å². The Morgan fingerprint density at radius 3 is 2.67 bits per heavy atom. The molecule has 144 valence electrons. The number of rotatable bonds is 4. The van der Waals surface area contributed by atoms with Gasteiger partial charge in [0, 0.05) is 22.5 Å². The van der Waals surface area contributed by atoms with Gasteiger partial charge < -0.3 is 9.40 Å². The molecule has 0 saturated carbocycles. The van der Waals surface area contributed by atoms with Crippen molar-refractivity contribution in [2.75, 3.05) is 0 Å². The summed E-state index contributed by atoms with van der Waals surface area (Å²) in [5.41, 5.74) is 6.23. The minimum atomic E-state index is 0.496. The Morgan fingerprint density at radius 1 is 0.800 bits per heavy atom. The highest BCUT2D eigenvalue weighted by Gasteiger charge is 2.16. The van der Waals surface area contributed by atoms with Crippen molar-refractivity contribution in [3.63, 3.8) is 0 Å². The molecule has 3 aromatic carbocycles. The first-order valence-electron chi connectivity index (χ1n) is 9.75. The number of nitrogens with one attached hydrogen (secondary N) is 2. The molecule has 0 aliphatic rings. The summed E-state index contributed by atoms with van der Waals surface area (Å²) in [4.78, 5) is 3.27. The number of nitrogens with zero attached hydrogens (tertiary/aromatic N) is 3. The second-order valence-corrected chi connectivity index (χ2v) is 7.26. The van der Waals surface area contributed by atoms with Crippen molar-refractivity contribution in [1.82, 2.24) is 25.4 Å². The van der Waals surface area contributed by atoms with E-state index in [1.54, 1.807) is 6.20 Å². The smallest absolute Gasteiger partial charge is 0.248 e. The molecule has 0 unspecified atom stereocenters. The molecule has 0 aliphatic heterocycles. The van der Waals surface area contributed by atoms with Gasteiger partial charge in [-0.15, -0.1) is 10.2 Å². The van der Waals surface area contributed by atoms with Crippen molar-refractivity contribution in [2.45, 2.75) is 6.42 Å². The number of aromatic amines is 2. The molecular weight excluding hydrogens is 374 g/mol. The van der Waals surface area contributed by atoms with Crippen molar-refractivity contribution >= 4 is 21.8 Å². The summed E-state index contributed by atoms with van der Waals surface area (Å²) >= 11 is 0. The molecule has 0 radical (unpaired) electrons. The van der Waals surface area contributed by atoms with Crippen LogP contribution < -0.4 is 0 Å². The Hall–Kier alpha value is -4.19. The quantitative estimate of drug-likeness (QED) is 0.424. The van der Waals surface area contributed by atoms with Crippen LogP contribution in [0.25, 0.3) is 44.4 Å². The molecule has 6 rings (SSSR count). The van der Waals surface area contributed by atoms with Crippen LogP contribution in [0.2, 0.25) is 0 Å². The van der Waals surface area contributed by atoms with Crippen molar-refractivity contribution in [2.24, 2.45) is 0 Å². The minimum Gasteiger partial charge on any atom is -0.420 e. The molecule has 6 heteroatoms. The summed E-state index contributed by atoms with van der Waals surface area (Å²) < 4.78 is 6.04. The molecule has 3 heterocycles. The molecule has 0 fully saturated rings. The van der Waals surface area contributed by atoms with Crippen molar-refractivity contribution in [3.8, 4) is 22.6 Å². The first-order chi connectivity index (χ1) is 14.8. The van der Waals surface area contributed by atoms with E-state index >= 15 is 0 Å². The van der Waals surface area contributed by atoms with Gasteiger partial charge in [-0.05, 0) is 41.0 Å². The fraction of sp³-hybridized carbons (Fsp3) is 0.0417. The summed E-state index contributed by atoms with van der Waals surface area (Å²) in [6, 6.07) is 22.6. The Labute approximate surface area is 171 Å². The molecule has 2 N–H and O–H groups in total. The second kappa shape index (κ2) is 6.70. The molecular formula is C24H17N5O. The monoisotopic (exact) mass is 391 g/mol. The average Bonchev–Trinajstić information content (AvgIpc) is 3.53. The lowest BCUT2D eigenvalue weighted by Gasteiger charge is -2.07. The fourth-order valence-electron chi connectivity index (χ4n) is 3.93. The van der Waals surface area contributed by atoms with E-state index in [2.05, 4.69) is 73.9 Å². The van der Waals surface area contributed by atoms with E-state index in [4.69, 9.17) is 4.42 Å². The zero-order chi connectivity index (χ0) is 19.9. The number of fused-ring (bicyclic) bond motifs is 2. The Morgan fingerprint density at radius 2 is 1.73 bits per heavy atom. The summed E-state index contributed by atoms with van der Waals surface area (Å²) in [5.74, 6) is 1.08. The van der Waals surface area contributed by atoms with Crippen LogP contribution in [0, 0.1) is 0 Å². The molecule has 0 spiro atoms. The number of aromatic nitrogens is 5. The zero-order valence-corrected chi connectivity index (χ0v) is 16.0. The highest BCUT2D eigenvalue weighted by Crippen LogP contribution is 2.35. The number of benzene rings is 3. The maximum absolute atomic E-state index is 6.04.